The Labute approximate surface area is 109 Å². The van der Waals surface area contributed by atoms with Crippen LogP contribution in [0, 0.1) is 11.6 Å². The summed E-state index contributed by atoms with van der Waals surface area (Å²) in [7, 11) is 0. The molecule has 0 heterocycles. The number of benzene rings is 2. The van der Waals surface area contributed by atoms with E-state index in [2.05, 4.69) is 5.32 Å². The maximum atomic E-state index is 13.0. The van der Waals surface area contributed by atoms with Crippen LogP contribution in [0.25, 0.3) is 0 Å². The molecule has 0 saturated heterocycles. The quantitative estimate of drug-likeness (QED) is 0.843. The summed E-state index contributed by atoms with van der Waals surface area (Å²) in [5.41, 5.74) is 1.35. The molecule has 0 aromatic heterocycles. The van der Waals surface area contributed by atoms with Crippen LogP contribution in [-0.2, 0) is 0 Å². The van der Waals surface area contributed by atoms with Gasteiger partial charge >= 0.3 is 0 Å². The van der Waals surface area contributed by atoms with Crippen molar-refractivity contribution in [3.63, 3.8) is 0 Å². The SMILES string of the molecule is CC(Nc1cc(F)cc(F)c1)c1cccc(Cl)c1. The average Bonchev–Trinajstić information content (AvgIpc) is 2.27. The molecule has 2 aromatic carbocycles. The molecule has 0 spiro atoms. The van der Waals surface area contributed by atoms with Crippen LogP contribution in [0.4, 0.5) is 14.5 Å². The van der Waals surface area contributed by atoms with Crippen molar-refractivity contribution < 1.29 is 8.78 Å². The fourth-order valence-corrected chi connectivity index (χ4v) is 1.95. The van der Waals surface area contributed by atoms with Crippen LogP contribution in [0.2, 0.25) is 5.02 Å². The third kappa shape index (κ3) is 3.20. The van der Waals surface area contributed by atoms with Gasteiger partial charge in [-0.3, -0.25) is 0 Å². The number of rotatable bonds is 3. The monoisotopic (exact) mass is 267 g/mol. The molecule has 0 amide bonds. The minimum Gasteiger partial charge on any atom is -0.378 e. The standard InChI is InChI=1S/C14H12ClF2N/c1-9(10-3-2-4-11(15)5-10)18-14-7-12(16)6-13(17)8-14/h2-9,18H,1H3. The van der Waals surface area contributed by atoms with E-state index >= 15 is 0 Å². The molecule has 0 aliphatic carbocycles. The van der Waals surface area contributed by atoms with Gasteiger partial charge in [0, 0.05) is 22.8 Å². The molecule has 1 unspecified atom stereocenters. The van der Waals surface area contributed by atoms with Gasteiger partial charge in [-0.1, -0.05) is 23.7 Å². The van der Waals surface area contributed by atoms with Gasteiger partial charge < -0.3 is 5.32 Å². The van der Waals surface area contributed by atoms with E-state index in [1.54, 1.807) is 6.07 Å². The van der Waals surface area contributed by atoms with Crippen molar-refractivity contribution in [3.8, 4) is 0 Å². The van der Waals surface area contributed by atoms with E-state index in [0.717, 1.165) is 11.6 Å². The van der Waals surface area contributed by atoms with Crippen LogP contribution < -0.4 is 5.32 Å². The molecule has 0 bridgehead atoms. The first-order valence-corrected chi connectivity index (χ1v) is 5.90. The van der Waals surface area contributed by atoms with Gasteiger partial charge in [-0.05, 0) is 36.8 Å². The highest BCUT2D eigenvalue weighted by Crippen LogP contribution is 2.22. The normalized spacial score (nSPS) is 12.2. The molecular formula is C14H12ClF2N. The first-order valence-electron chi connectivity index (χ1n) is 5.53. The van der Waals surface area contributed by atoms with Crippen LogP contribution in [0.1, 0.15) is 18.5 Å². The summed E-state index contributed by atoms with van der Waals surface area (Å²) in [6.07, 6.45) is 0. The zero-order valence-corrected chi connectivity index (χ0v) is 10.5. The van der Waals surface area contributed by atoms with E-state index in [4.69, 9.17) is 11.6 Å². The fourth-order valence-electron chi connectivity index (χ4n) is 1.75. The molecule has 0 aliphatic heterocycles. The number of hydrogen-bond donors (Lipinski definition) is 1. The van der Waals surface area contributed by atoms with E-state index in [1.807, 2.05) is 25.1 Å². The Morgan fingerprint density at radius 1 is 1.06 bits per heavy atom. The zero-order valence-electron chi connectivity index (χ0n) is 9.75. The second-order valence-electron chi connectivity index (χ2n) is 4.08. The van der Waals surface area contributed by atoms with Crippen LogP contribution in [0.15, 0.2) is 42.5 Å². The average molecular weight is 268 g/mol. The Hall–Kier alpha value is -1.61. The molecule has 0 saturated carbocycles. The maximum absolute atomic E-state index is 13.0. The summed E-state index contributed by atoms with van der Waals surface area (Å²) in [6, 6.07) is 10.6. The van der Waals surface area contributed by atoms with E-state index < -0.39 is 11.6 Å². The van der Waals surface area contributed by atoms with Gasteiger partial charge in [-0.2, -0.15) is 0 Å². The highest BCUT2D eigenvalue weighted by atomic mass is 35.5. The van der Waals surface area contributed by atoms with Gasteiger partial charge in [0.05, 0.1) is 0 Å². The van der Waals surface area contributed by atoms with Crippen LogP contribution in [0.3, 0.4) is 0 Å². The Kier molecular flexibility index (Phi) is 3.82. The summed E-state index contributed by atoms with van der Waals surface area (Å²) in [5, 5.41) is 3.66. The molecule has 0 aliphatic rings. The van der Waals surface area contributed by atoms with Crippen molar-refractivity contribution in [2.45, 2.75) is 13.0 Å². The van der Waals surface area contributed by atoms with Gasteiger partial charge in [0.25, 0.3) is 0 Å². The van der Waals surface area contributed by atoms with Gasteiger partial charge in [-0.25, -0.2) is 8.78 Å². The molecule has 1 nitrogen and oxygen atoms in total. The van der Waals surface area contributed by atoms with Crippen LogP contribution >= 0.6 is 11.6 Å². The third-order valence-electron chi connectivity index (χ3n) is 2.59. The van der Waals surface area contributed by atoms with Crippen molar-refractivity contribution in [1.82, 2.24) is 0 Å². The van der Waals surface area contributed by atoms with E-state index in [1.165, 1.54) is 12.1 Å². The summed E-state index contributed by atoms with van der Waals surface area (Å²) in [6.45, 7) is 1.90. The lowest BCUT2D eigenvalue weighted by Gasteiger charge is -2.16. The molecule has 1 N–H and O–H groups in total. The molecule has 0 radical (unpaired) electrons. The van der Waals surface area contributed by atoms with E-state index in [-0.39, 0.29) is 6.04 Å². The first-order chi connectivity index (χ1) is 8.54. The van der Waals surface area contributed by atoms with Gasteiger partial charge in [0.2, 0.25) is 0 Å². The third-order valence-corrected chi connectivity index (χ3v) is 2.83. The summed E-state index contributed by atoms with van der Waals surface area (Å²) >= 11 is 5.89. The first kappa shape index (κ1) is 12.8. The minimum atomic E-state index is -0.601. The Morgan fingerprint density at radius 2 is 1.72 bits per heavy atom. The van der Waals surface area contributed by atoms with Crippen molar-refractivity contribution in [3.05, 3.63) is 64.7 Å². The largest absolute Gasteiger partial charge is 0.378 e. The van der Waals surface area contributed by atoms with Crippen LogP contribution in [0.5, 0.6) is 0 Å². The highest BCUT2D eigenvalue weighted by Gasteiger charge is 2.07. The van der Waals surface area contributed by atoms with Gasteiger partial charge in [0.1, 0.15) is 11.6 Å². The molecule has 2 aromatic rings. The molecule has 94 valence electrons. The lowest BCUT2D eigenvalue weighted by Crippen LogP contribution is -2.07. The lowest BCUT2D eigenvalue weighted by molar-refractivity contribution is 0.583. The van der Waals surface area contributed by atoms with E-state index in [9.17, 15) is 8.78 Å². The summed E-state index contributed by atoms with van der Waals surface area (Å²) in [4.78, 5) is 0. The fraction of sp³-hybridized carbons (Fsp3) is 0.143. The Morgan fingerprint density at radius 3 is 2.33 bits per heavy atom. The number of anilines is 1. The van der Waals surface area contributed by atoms with E-state index in [0.29, 0.717) is 10.7 Å². The smallest absolute Gasteiger partial charge is 0.128 e. The number of nitrogens with one attached hydrogen (secondary N) is 1. The summed E-state index contributed by atoms with van der Waals surface area (Å²) in [5.74, 6) is -1.20. The highest BCUT2D eigenvalue weighted by molar-refractivity contribution is 6.30. The van der Waals surface area contributed by atoms with Gasteiger partial charge in [-0.15, -0.1) is 0 Å². The second kappa shape index (κ2) is 5.36. The molecular weight excluding hydrogens is 256 g/mol. The zero-order chi connectivity index (χ0) is 13.1. The Bertz CT molecular complexity index is 537. The molecule has 4 heteroatoms. The number of hydrogen-bond acceptors (Lipinski definition) is 1. The number of halogens is 3. The summed E-state index contributed by atoms with van der Waals surface area (Å²) < 4.78 is 26.1. The topological polar surface area (TPSA) is 12.0 Å². The molecule has 1 atom stereocenters. The predicted molar refractivity (Wildman–Crippen MR) is 69.8 cm³/mol. The van der Waals surface area contributed by atoms with Crippen LogP contribution in [-0.4, -0.2) is 0 Å². The minimum absolute atomic E-state index is 0.0927. The predicted octanol–water partition coefficient (Wildman–Crippen LogP) is 4.79. The second-order valence-corrected chi connectivity index (χ2v) is 4.52. The van der Waals surface area contributed by atoms with Crippen molar-refractivity contribution in [2.24, 2.45) is 0 Å². The van der Waals surface area contributed by atoms with Gasteiger partial charge in [0.15, 0.2) is 0 Å². The lowest BCUT2D eigenvalue weighted by atomic mass is 10.1. The van der Waals surface area contributed by atoms with Crippen molar-refractivity contribution in [2.75, 3.05) is 5.32 Å². The Balaban J connectivity index is 2.18. The molecule has 2 rings (SSSR count). The molecule has 18 heavy (non-hydrogen) atoms. The van der Waals surface area contributed by atoms with Crippen molar-refractivity contribution in [1.29, 1.82) is 0 Å². The molecule has 0 fully saturated rings. The maximum Gasteiger partial charge on any atom is 0.128 e. The van der Waals surface area contributed by atoms with Crippen molar-refractivity contribution >= 4 is 17.3 Å².